The maximum absolute atomic E-state index is 13.6. The van der Waals surface area contributed by atoms with Crippen molar-refractivity contribution in [2.24, 2.45) is 11.8 Å². The molecule has 0 spiro atoms. The molecule has 1 heterocycles. The Bertz CT molecular complexity index is 470. The van der Waals surface area contributed by atoms with Crippen molar-refractivity contribution in [1.82, 2.24) is 0 Å². The second-order valence-electron chi connectivity index (χ2n) is 5.73. The molecule has 0 bridgehead atoms. The van der Waals surface area contributed by atoms with Crippen molar-refractivity contribution in [3.8, 4) is 0 Å². The van der Waals surface area contributed by atoms with E-state index in [4.69, 9.17) is 4.74 Å². The highest BCUT2D eigenvalue weighted by Crippen LogP contribution is 2.30. The van der Waals surface area contributed by atoms with E-state index in [1.807, 2.05) is 6.92 Å². The molecule has 0 aliphatic carbocycles. The van der Waals surface area contributed by atoms with Crippen LogP contribution in [-0.4, -0.2) is 19.4 Å². The van der Waals surface area contributed by atoms with Crippen molar-refractivity contribution in [1.29, 1.82) is 0 Å². The Labute approximate surface area is 122 Å². The van der Waals surface area contributed by atoms with Gasteiger partial charge in [0.1, 0.15) is 6.67 Å². The standard InChI is InChI=1S/C16H20F4O/c1-10-2-3-12(9-21-10)13(7-17)6-11-4-5-15(19)16(20)14(11)8-18/h4-5,10,12-13H,2-3,6-9H2,1H3. The summed E-state index contributed by atoms with van der Waals surface area (Å²) in [6, 6.07) is 2.32. The Kier molecular flexibility index (Phi) is 5.62. The zero-order valence-corrected chi connectivity index (χ0v) is 12.0. The number of rotatable bonds is 5. The monoisotopic (exact) mass is 304 g/mol. The summed E-state index contributed by atoms with van der Waals surface area (Å²) in [4.78, 5) is 0. The fourth-order valence-corrected chi connectivity index (χ4v) is 2.87. The van der Waals surface area contributed by atoms with Gasteiger partial charge in [-0.2, -0.15) is 0 Å². The Morgan fingerprint density at radius 1 is 1.24 bits per heavy atom. The summed E-state index contributed by atoms with van der Waals surface area (Å²) in [7, 11) is 0. The second-order valence-corrected chi connectivity index (χ2v) is 5.73. The van der Waals surface area contributed by atoms with E-state index in [1.54, 1.807) is 0 Å². The van der Waals surface area contributed by atoms with Crippen LogP contribution in [0, 0.1) is 23.5 Å². The Balaban J connectivity index is 2.13. The van der Waals surface area contributed by atoms with E-state index in [1.165, 1.54) is 6.07 Å². The molecule has 1 aromatic rings. The van der Waals surface area contributed by atoms with Crippen LogP contribution in [0.2, 0.25) is 0 Å². The largest absolute Gasteiger partial charge is 0.378 e. The zero-order chi connectivity index (χ0) is 15.4. The molecule has 1 aliphatic heterocycles. The number of ether oxygens (including phenoxy) is 1. The number of alkyl halides is 2. The average Bonchev–Trinajstić information content (AvgIpc) is 2.49. The van der Waals surface area contributed by atoms with Crippen LogP contribution in [0.5, 0.6) is 0 Å². The molecule has 0 aromatic heterocycles. The summed E-state index contributed by atoms with van der Waals surface area (Å²) in [5, 5.41) is 0. The minimum absolute atomic E-state index is 0.0341. The Morgan fingerprint density at radius 2 is 2.00 bits per heavy atom. The van der Waals surface area contributed by atoms with Gasteiger partial charge >= 0.3 is 0 Å². The summed E-state index contributed by atoms with van der Waals surface area (Å²) in [6.07, 6.45) is 2.07. The average molecular weight is 304 g/mol. The van der Waals surface area contributed by atoms with Gasteiger partial charge in [-0.15, -0.1) is 0 Å². The first-order valence-corrected chi connectivity index (χ1v) is 7.26. The predicted molar refractivity (Wildman–Crippen MR) is 72.5 cm³/mol. The van der Waals surface area contributed by atoms with E-state index in [2.05, 4.69) is 0 Å². The second kappa shape index (κ2) is 7.25. The molecule has 0 saturated carbocycles. The van der Waals surface area contributed by atoms with Crippen molar-refractivity contribution in [3.05, 3.63) is 34.9 Å². The molecule has 0 amide bonds. The first-order valence-electron chi connectivity index (χ1n) is 7.26. The van der Waals surface area contributed by atoms with Crippen LogP contribution in [-0.2, 0) is 17.8 Å². The van der Waals surface area contributed by atoms with Crippen molar-refractivity contribution >= 4 is 0 Å². The minimum Gasteiger partial charge on any atom is -0.378 e. The molecule has 0 radical (unpaired) electrons. The van der Waals surface area contributed by atoms with Crippen molar-refractivity contribution in [2.75, 3.05) is 13.3 Å². The maximum Gasteiger partial charge on any atom is 0.164 e. The summed E-state index contributed by atoms with van der Waals surface area (Å²) in [6.45, 7) is 0.769. The van der Waals surface area contributed by atoms with Crippen LogP contribution in [0.15, 0.2) is 12.1 Å². The SMILES string of the molecule is CC1CCC(C(CF)Cc2ccc(F)c(F)c2CF)CO1. The fraction of sp³-hybridized carbons (Fsp3) is 0.625. The highest BCUT2D eigenvalue weighted by Gasteiger charge is 2.28. The molecular formula is C16H20F4O. The molecule has 21 heavy (non-hydrogen) atoms. The number of hydrogen-bond donors (Lipinski definition) is 0. The molecule has 1 nitrogen and oxygen atoms in total. The third kappa shape index (κ3) is 3.76. The molecule has 0 N–H and O–H groups in total. The predicted octanol–water partition coefficient (Wildman–Crippen LogP) is 4.38. The minimum atomic E-state index is -1.17. The summed E-state index contributed by atoms with van der Waals surface area (Å²) in [5.74, 6) is -2.56. The van der Waals surface area contributed by atoms with Crippen molar-refractivity contribution in [2.45, 2.75) is 39.0 Å². The third-order valence-electron chi connectivity index (χ3n) is 4.31. The highest BCUT2D eigenvalue weighted by atomic mass is 19.2. The molecular weight excluding hydrogens is 284 g/mol. The smallest absolute Gasteiger partial charge is 0.164 e. The van der Waals surface area contributed by atoms with E-state index in [0.29, 0.717) is 12.2 Å². The maximum atomic E-state index is 13.6. The van der Waals surface area contributed by atoms with Gasteiger partial charge in [0.05, 0.1) is 19.4 Å². The molecule has 3 unspecified atom stereocenters. The lowest BCUT2D eigenvalue weighted by Crippen LogP contribution is -2.31. The van der Waals surface area contributed by atoms with Crippen LogP contribution in [0.1, 0.15) is 30.9 Å². The Morgan fingerprint density at radius 3 is 2.57 bits per heavy atom. The summed E-state index contributed by atoms with van der Waals surface area (Å²) in [5.41, 5.74) is 0.0521. The van der Waals surface area contributed by atoms with Gasteiger partial charge in [0.25, 0.3) is 0 Å². The van der Waals surface area contributed by atoms with Gasteiger partial charge in [0.15, 0.2) is 11.6 Å². The molecule has 2 rings (SSSR count). The van der Waals surface area contributed by atoms with Crippen LogP contribution in [0.4, 0.5) is 17.6 Å². The van der Waals surface area contributed by atoms with Crippen LogP contribution in [0.25, 0.3) is 0 Å². The third-order valence-corrected chi connectivity index (χ3v) is 4.31. The molecule has 1 fully saturated rings. The lowest BCUT2D eigenvalue weighted by atomic mass is 9.82. The van der Waals surface area contributed by atoms with Crippen molar-refractivity contribution < 1.29 is 22.3 Å². The van der Waals surface area contributed by atoms with Gasteiger partial charge < -0.3 is 4.74 Å². The molecule has 118 valence electrons. The Hall–Kier alpha value is -1.10. The summed E-state index contributed by atoms with van der Waals surface area (Å²) < 4.78 is 58.5. The van der Waals surface area contributed by atoms with E-state index in [0.717, 1.165) is 18.9 Å². The number of halogens is 4. The van der Waals surface area contributed by atoms with E-state index >= 15 is 0 Å². The van der Waals surface area contributed by atoms with E-state index in [-0.39, 0.29) is 29.9 Å². The molecule has 1 saturated heterocycles. The quantitative estimate of drug-likeness (QED) is 0.734. The van der Waals surface area contributed by atoms with Crippen LogP contribution < -0.4 is 0 Å². The van der Waals surface area contributed by atoms with E-state index < -0.39 is 25.0 Å². The first-order chi connectivity index (χ1) is 10.1. The number of benzene rings is 1. The van der Waals surface area contributed by atoms with Gasteiger partial charge in [0.2, 0.25) is 0 Å². The molecule has 1 aliphatic rings. The van der Waals surface area contributed by atoms with E-state index in [9.17, 15) is 17.6 Å². The van der Waals surface area contributed by atoms with Crippen LogP contribution in [0.3, 0.4) is 0 Å². The lowest BCUT2D eigenvalue weighted by molar-refractivity contribution is -0.0256. The first kappa shape index (κ1) is 16.3. The lowest BCUT2D eigenvalue weighted by Gasteiger charge is -2.32. The van der Waals surface area contributed by atoms with Crippen LogP contribution >= 0.6 is 0 Å². The molecule has 5 heteroatoms. The fourth-order valence-electron chi connectivity index (χ4n) is 2.87. The molecule has 3 atom stereocenters. The van der Waals surface area contributed by atoms with Gasteiger partial charge in [-0.05, 0) is 49.7 Å². The normalized spacial score (nSPS) is 24.0. The van der Waals surface area contributed by atoms with Crippen molar-refractivity contribution in [3.63, 3.8) is 0 Å². The number of hydrogen-bond acceptors (Lipinski definition) is 1. The highest BCUT2D eigenvalue weighted by molar-refractivity contribution is 5.29. The topological polar surface area (TPSA) is 9.23 Å². The van der Waals surface area contributed by atoms with Gasteiger partial charge in [-0.25, -0.2) is 13.2 Å². The zero-order valence-electron chi connectivity index (χ0n) is 12.0. The molecule has 1 aromatic carbocycles. The van der Waals surface area contributed by atoms with Gasteiger partial charge in [0, 0.05) is 5.56 Å². The summed E-state index contributed by atoms with van der Waals surface area (Å²) >= 11 is 0. The van der Waals surface area contributed by atoms with Gasteiger partial charge in [-0.1, -0.05) is 6.07 Å². The van der Waals surface area contributed by atoms with Gasteiger partial charge in [-0.3, -0.25) is 4.39 Å².